The standard InChI is InChI=1S/C13H9FN2/c14-11-5-3-9(4-6-11)12-8-10-2-1-7-15-13(10)16-12/h1-8H,(H,15,16). The first-order valence-corrected chi connectivity index (χ1v) is 5.02. The molecule has 0 saturated carbocycles. The maximum atomic E-state index is 12.8. The summed E-state index contributed by atoms with van der Waals surface area (Å²) < 4.78 is 12.8. The maximum absolute atomic E-state index is 12.8. The van der Waals surface area contributed by atoms with Crippen LogP contribution in [0.1, 0.15) is 0 Å². The van der Waals surface area contributed by atoms with Crippen LogP contribution in [-0.4, -0.2) is 9.97 Å². The Morgan fingerprint density at radius 1 is 1.06 bits per heavy atom. The number of pyridine rings is 1. The van der Waals surface area contributed by atoms with Gasteiger partial charge in [0.2, 0.25) is 0 Å². The molecule has 3 rings (SSSR count). The van der Waals surface area contributed by atoms with Crippen LogP contribution in [0.5, 0.6) is 0 Å². The van der Waals surface area contributed by atoms with Crippen LogP contribution in [0.15, 0.2) is 48.7 Å². The van der Waals surface area contributed by atoms with Gasteiger partial charge in [-0.25, -0.2) is 9.37 Å². The van der Waals surface area contributed by atoms with Gasteiger partial charge < -0.3 is 4.98 Å². The van der Waals surface area contributed by atoms with Crippen LogP contribution < -0.4 is 0 Å². The average Bonchev–Trinajstić information content (AvgIpc) is 2.73. The number of nitrogens with zero attached hydrogens (tertiary/aromatic N) is 1. The largest absolute Gasteiger partial charge is 0.339 e. The van der Waals surface area contributed by atoms with Gasteiger partial charge in [-0.3, -0.25) is 0 Å². The summed E-state index contributed by atoms with van der Waals surface area (Å²) in [7, 11) is 0. The van der Waals surface area contributed by atoms with Crippen molar-refractivity contribution in [1.82, 2.24) is 9.97 Å². The van der Waals surface area contributed by atoms with Crippen molar-refractivity contribution in [2.75, 3.05) is 0 Å². The van der Waals surface area contributed by atoms with Crippen molar-refractivity contribution in [2.45, 2.75) is 0 Å². The molecule has 0 bridgehead atoms. The monoisotopic (exact) mass is 212 g/mol. The van der Waals surface area contributed by atoms with E-state index in [0.717, 1.165) is 22.3 Å². The number of H-pyrrole nitrogens is 1. The number of aromatic nitrogens is 2. The van der Waals surface area contributed by atoms with E-state index in [1.807, 2.05) is 18.2 Å². The first-order valence-electron chi connectivity index (χ1n) is 5.02. The second-order valence-electron chi connectivity index (χ2n) is 3.63. The third-order valence-electron chi connectivity index (χ3n) is 2.55. The fourth-order valence-electron chi connectivity index (χ4n) is 1.74. The minimum atomic E-state index is -0.224. The Kier molecular flexibility index (Phi) is 1.96. The van der Waals surface area contributed by atoms with Crippen molar-refractivity contribution < 1.29 is 4.39 Å². The predicted octanol–water partition coefficient (Wildman–Crippen LogP) is 3.37. The zero-order valence-corrected chi connectivity index (χ0v) is 8.44. The lowest BCUT2D eigenvalue weighted by Crippen LogP contribution is -1.78. The Morgan fingerprint density at radius 2 is 1.88 bits per heavy atom. The van der Waals surface area contributed by atoms with Crippen molar-refractivity contribution in [3.63, 3.8) is 0 Å². The summed E-state index contributed by atoms with van der Waals surface area (Å²) in [5.74, 6) is -0.224. The molecular formula is C13H9FN2. The predicted molar refractivity (Wildman–Crippen MR) is 61.5 cm³/mol. The van der Waals surface area contributed by atoms with Crippen LogP contribution >= 0.6 is 0 Å². The molecule has 0 saturated heterocycles. The number of halogens is 1. The third-order valence-corrected chi connectivity index (χ3v) is 2.55. The first kappa shape index (κ1) is 9.09. The third kappa shape index (κ3) is 1.46. The highest BCUT2D eigenvalue weighted by Crippen LogP contribution is 2.22. The minimum Gasteiger partial charge on any atom is -0.339 e. The van der Waals surface area contributed by atoms with Gasteiger partial charge in [-0.05, 0) is 48.0 Å². The molecule has 0 spiro atoms. The molecule has 16 heavy (non-hydrogen) atoms. The van der Waals surface area contributed by atoms with Gasteiger partial charge in [0.25, 0.3) is 0 Å². The van der Waals surface area contributed by atoms with Crippen LogP contribution in [-0.2, 0) is 0 Å². The zero-order chi connectivity index (χ0) is 11.0. The molecule has 0 amide bonds. The second kappa shape index (κ2) is 3.45. The van der Waals surface area contributed by atoms with Crippen molar-refractivity contribution in [1.29, 1.82) is 0 Å². The van der Waals surface area contributed by atoms with Gasteiger partial charge in [-0.1, -0.05) is 0 Å². The van der Waals surface area contributed by atoms with E-state index >= 15 is 0 Å². The van der Waals surface area contributed by atoms with E-state index < -0.39 is 0 Å². The molecular weight excluding hydrogens is 203 g/mol. The number of benzene rings is 1. The number of hydrogen-bond acceptors (Lipinski definition) is 1. The van der Waals surface area contributed by atoms with Crippen molar-refractivity contribution in [2.24, 2.45) is 0 Å². The minimum absolute atomic E-state index is 0.224. The summed E-state index contributed by atoms with van der Waals surface area (Å²) in [4.78, 5) is 7.41. The van der Waals surface area contributed by atoms with E-state index in [4.69, 9.17) is 0 Å². The van der Waals surface area contributed by atoms with Gasteiger partial charge in [-0.2, -0.15) is 0 Å². The second-order valence-corrected chi connectivity index (χ2v) is 3.63. The molecule has 1 N–H and O–H groups in total. The SMILES string of the molecule is Fc1ccc(-c2cc3cccnc3[nH]2)cc1. The van der Waals surface area contributed by atoms with Crippen molar-refractivity contribution in [3.8, 4) is 11.3 Å². The molecule has 1 aromatic carbocycles. The molecule has 2 aromatic heterocycles. The highest BCUT2D eigenvalue weighted by Gasteiger charge is 2.03. The highest BCUT2D eigenvalue weighted by molar-refractivity contribution is 5.82. The number of nitrogens with one attached hydrogen (secondary N) is 1. The quantitative estimate of drug-likeness (QED) is 0.658. The highest BCUT2D eigenvalue weighted by atomic mass is 19.1. The summed E-state index contributed by atoms with van der Waals surface area (Å²) in [6.07, 6.45) is 1.74. The maximum Gasteiger partial charge on any atom is 0.137 e. The van der Waals surface area contributed by atoms with E-state index in [0.29, 0.717) is 0 Å². The Bertz CT molecular complexity index is 593. The van der Waals surface area contributed by atoms with E-state index in [1.165, 1.54) is 12.1 Å². The van der Waals surface area contributed by atoms with Gasteiger partial charge >= 0.3 is 0 Å². The van der Waals surface area contributed by atoms with Gasteiger partial charge in [0.05, 0.1) is 0 Å². The molecule has 2 nitrogen and oxygen atoms in total. The van der Waals surface area contributed by atoms with E-state index in [1.54, 1.807) is 18.3 Å². The summed E-state index contributed by atoms with van der Waals surface area (Å²) >= 11 is 0. The number of aromatic amines is 1. The molecule has 3 heteroatoms. The van der Waals surface area contributed by atoms with Crippen LogP contribution in [0.4, 0.5) is 4.39 Å². The molecule has 0 unspecified atom stereocenters. The fourth-order valence-corrected chi connectivity index (χ4v) is 1.74. The van der Waals surface area contributed by atoms with Gasteiger partial charge in [0.15, 0.2) is 0 Å². The van der Waals surface area contributed by atoms with Crippen LogP contribution in [0.25, 0.3) is 22.3 Å². The molecule has 0 fully saturated rings. The normalized spacial score (nSPS) is 10.8. The average molecular weight is 212 g/mol. The number of fused-ring (bicyclic) bond motifs is 1. The van der Waals surface area contributed by atoms with Crippen LogP contribution in [0.2, 0.25) is 0 Å². The molecule has 2 heterocycles. The Labute approximate surface area is 91.8 Å². The van der Waals surface area contributed by atoms with Crippen molar-refractivity contribution in [3.05, 3.63) is 54.5 Å². The zero-order valence-electron chi connectivity index (χ0n) is 8.44. The molecule has 0 aliphatic heterocycles. The topological polar surface area (TPSA) is 28.7 Å². The van der Waals surface area contributed by atoms with Crippen molar-refractivity contribution >= 4 is 11.0 Å². The summed E-state index contributed by atoms with van der Waals surface area (Å²) in [5.41, 5.74) is 2.76. The lowest BCUT2D eigenvalue weighted by atomic mass is 10.1. The van der Waals surface area contributed by atoms with Gasteiger partial charge in [-0.15, -0.1) is 0 Å². The Hall–Kier alpha value is -2.16. The first-order chi connectivity index (χ1) is 7.83. The van der Waals surface area contributed by atoms with E-state index in [2.05, 4.69) is 9.97 Å². The fraction of sp³-hybridized carbons (Fsp3) is 0. The number of rotatable bonds is 1. The van der Waals surface area contributed by atoms with Gasteiger partial charge in [0, 0.05) is 17.3 Å². The summed E-state index contributed by atoms with van der Waals surface area (Å²) in [6, 6.07) is 12.3. The lowest BCUT2D eigenvalue weighted by molar-refractivity contribution is 0.628. The smallest absolute Gasteiger partial charge is 0.137 e. The molecule has 78 valence electrons. The van der Waals surface area contributed by atoms with Gasteiger partial charge in [0.1, 0.15) is 11.5 Å². The number of hydrogen-bond donors (Lipinski definition) is 1. The van der Waals surface area contributed by atoms with E-state index in [-0.39, 0.29) is 5.82 Å². The Morgan fingerprint density at radius 3 is 2.62 bits per heavy atom. The molecule has 3 aromatic rings. The Balaban J connectivity index is 2.15. The van der Waals surface area contributed by atoms with Crippen LogP contribution in [0.3, 0.4) is 0 Å². The van der Waals surface area contributed by atoms with Crippen LogP contribution in [0, 0.1) is 5.82 Å². The molecule has 0 atom stereocenters. The molecule has 0 aliphatic carbocycles. The molecule has 0 aliphatic rings. The van der Waals surface area contributed by atoms with E-state index in [9.17, 15) is 4.39 Å². The molecule has 0 radical (unpaired) electrons. The summed E-state index contributed by atoms with van der Waals surface area (Å²) in [6.45, 7) is 0. The lowest BCUT2D eigenvalue weighted by Gasteiger charge is -1.96. The summed E-state index contributed by atoms with van der Waals surface area (Å²) in [5, 5.41) is 1.06.